The van der Waals surface area contributed by atoms with Gasteiger partial charge in [-0.05, 0) is 54.8 Å². The minimum Gasteiger partial charge on any atom is -0.451 e. The summed E-state index contributed by atoms with van der Waals surface area (Å²) in [7, 11) is 0. The summed E-state index contributed by atoms with van der Waals surface area (Å²) in [6.45, 7) is 3.71. The predicted molar refractivity (Wildman–Crippen MR) is 92.8 cm³/mol. The Morgan fingerprint density at radius 2 is 1.69 bits per heavy atom. The largest absolute Gasteiger partial charge is 0.451 e. The van der Waals surface area contributed by atoms with Gasteiger partial charge in [0.2, 0.25) is 0 Å². The van der Waals surface area contributed by atoms with Crippen LogP contribution in [-0.4, -0.2) is 9.55 Å². The molecule has 3 aromatic rings. The summed E-state index contributed by atoms with van der Waals surface area (Å²) < 4.78 is 35.2. The van der Waals surface area contributed by atoms with Crippen molar-refractivity contribution in [3.05, 3.63) is 91.8 Å². The molecule has 0 radical (unpaired) electrons. The number of benzene rings is 2. The SMILES string of the molecule is Cc1ccc(Oc2c(F)cc(Cn3ccc(=O)[nH]c3=O)cc2F)cc1C. The highest BCUT2D eigenvalue weighted by Crippen LogP contribution is 2.29. The van der Waals surface area contributed by atoms with Gasteiger partial charge in [-0.2, -0.15) is 0 Å². The van der Waals surface area contributed by atoms with Crippen molar-refractivity contribution < 1.29 is 13.5 Å². The fourth-order valence-electron chi connectivity index (χ4n) is 2.46. The fourth-order valence-corrected chi connectivity index (χ4v) is 2.46. The molecule has 0 aliphatic heterocycles. The zero-order chi connectivity index (χ0) is 18.8. The number of H-pyrrole nitrogens is 1. The van der Waals surface area contributed by atoms with E-state index in [9.17, 15) is 18.4 Å². The fraction of sp³-hybridized carbons (Fsp3) is 0.158. The third-order valence-electron chi connectivity index (χ3n) is 4.01. The Morgan fingerprint density at radius 1 is 1.00 bits per heavy atom. The van der Waals surface area contributed by atoms with Crippen LogP contribution in [0.2, 0.25) is 0 Å². The highest BCUT2D eigenvalue weighted by Gasteiger charge is 2.15. The van der Waals surface area contributed by atoms with Crippen molar-refractivity contribution in [3.8, 4) is 11.5 Å². The quantitative estimate of drug-likeness (QED) is 0.779. The number of ether oxygens (including phenoxy) is 1. The third-order valence-corrected chi connectivity index (χ3v) is 4.01. The summed E-state index contributed by atoms with van der Waals surface area (Å²) in [5.74, 6) is -1.94. The van der Waals surface area contributed by atoms with Gasteiger partial charge in [0.05, 0.1) is 6.54 Å². The van der Waals surface area contributed by atoms with Crippen LogP contribution < -0.4 is 16.0 Å². The van der Waals surface area contributed by atoms with Crippen molar-refractivity contribution in [1.29, 1.82) is 0 Å². The van der Waals surface area contributed by atoms with E-state index in [1.165, 1.54) is 6.20 Å². The minimum atomic E-state index is -0.879. The van der Waals surface area contributed by atoms with Crippen molar-refractivity contribution in [3.63, 3.8) is 0 Å². The maximum Gasteiger partial charge on any atom is 0.328 e. The molecule has 3 rings (SSSR count). The van der Waals surface area contributed by atoms with E-state index < -0.39 is 28.6 Å². The van der Waals surface area contributed by atoms with Gasteiger partial charge < -0.3 is 4.74 Å². The van der Waals surface area contributed by atoms with Gasteiger partial charge in [-0.15, -0.1) is 0 Å². The molecule has 2 aromatic carbocycles. The van der Waals surface area contributed by atoms with Gasteiger partial charge in [0.15, 0.2) is 17.4 Å². The molecule has 26 heavy (non-hydrogen) atoms. The molecule has 0 atom stereocenters. The van der Waals surface area contributed by atoms with Crippen LogP contribution in [0.4, 0.5) is 8.78 Å². The normalized spacial score (nSPS) is 10.8. The number of halogens is 2. The summed E-state index contributed by atoms with van der Waals surface area (Å²) in [6.07, 6.45) is 1.26. The second kappa shape index (κ2) is 6.95. The Morgan fingerprint density at radius 3 is 2.31 bits per heavy atom. The molecule has 7 heteroatoms. The number of rotatable bonds is 4. The first kappa shape index (κ1) is 17.6. The molecule has 134 valence electrons. The first-order chi connectivity index (χ1) is 12.3. The Labute approximate surface area is 147 Å². The second-order valence-electron chi connectivity index (χ2n) is 5.97. The topological polar surface area (TPSA) is 64.1 Å². The first-order valence-electron chi connectivity index (χ1n) is 7.86. The van der Waals surface area contributed by atoms with Gasteiger partial charge in [-0.25, -0.2) is 13.6 Å². The highest BCUT2D eigenvalue weighted by molar-refractivity contribution is 5.39. The molecule has 1 heterocycles. The molecule has 0 unspecified atom stereocenters. The third kappa shape index (κ3) is 3.72. The van der Waals surface area contributed by atoms with Crippen LogP contribution in [0.1, 0.15) is 16.7 Å². The van der Waals surface area contributed by atoms with Crippen LogP contribution in [0.5, 0.6) is 11.5 Å². The van der Waals surface area contributed by atoms with Gasteiger partial charge in [0.25, 0.3) is 5.56 Å². The summed E-state index contributed by atoms with van der Waals surface area (Å²) >= 11 is 0. The van der Waals surface area contributed by atoms with Crippen LogP contribution >= 0.6 is 0 Å². The van der Waals surface area contributed by atoms with E-state index in [0.29, 0.717) is 5.75 Å². The van der Waals surface area contributed by atoms with Gasteiger partial charge in [-0.3, -0.25) is 14.3 Å². The lowest BCUT2D eigenvalue weighted by Crippen LogP contribution is -2.28. The molecule has 0 aliphatic carbocycles. The van der Waals surface area contributed by atoms with Gasteiger partial charge in [0, 0.05) is 12.3 Å². The van der Waals surface area contributed by atoms with E-state index in [1.807, 2.05) is 13.8 Å². The Balaban J connectivity index is 1.89. The Bertz CT molecular complexity index is 1060. The monoisotopic (exact) mass is 358 g/mol. The molecule has 0 bridgehead atoms. The standard InChI is InChI=1S/C19H16F2N2O3/c1-11-3-4-14(7-12(11)2)26-18-15(20)8-13(9-16(18)21)10-23-6-5-17(24)22-19(23)25/h3-9H,10H2,1-2H3,(H,22,24,25). The second-order valence-corrected chi connectivity index (χ2v) is 5.97. The molecule has 0 spiro atoms. The van der Waals surface area contributed by atoms with Gasteiger partial charge in [0.1, 0.15) is 5.75 Å². The van der Waals surface area contributed by atoms with E-state index in [4.69, 9.17) is 4.74 Å². The summed E-state index contributed by atoms with van der Waals surface area (Å²) in [4.78, 5) is 24.8. The van der Waals surface area contributed by atoms with Crippen LogP contribution in [0.25, 0.3) is 0 Å². The smallest absolute Gasteiger partial charge is 0.328 e. The molecule has 1 N–H and O–H groups in total. The molecule has 0 saturated carbocycles. The summed E-state index contributed by atoms with van der Waals surface area (Å²) in [5, 5.41) is 0. The molecular weight excluding hydrogens is 342 g/mol. The van der Waals surface area contributed by atoms with Crippen molar-refractivity contribution in [2.45, 2.75) is 20.4 Å². The maximum absolute atomic E-state index is 14.3. The number of aromatic amines is 1. The van der Waals surface area contributed by atoms with Crippen LogP contribution in [0, 0.1) is 25.5 Å². The zero-order valence-electron chi connectivity index (χ0n) is 14.2. The van der Waals surface area contributed by atoms with E-state index in [0.717, 1.165) is 33.9 Å². The van der Waals surface area contributed by atoms with Gasteiger partial charge in [-0.1, -0.05) is 6.07 Å². The lowest BCUT2D eigenvalue weighted by atomic mass is 10.1. The number of hydrogen-bond donors (Lipinski definition) is 1. The van der Waals surface area contributed by atoms with Crippen LogP contribution in [-0.2, 0) is 6.54 Å². The molecule has 5 nitrogen and oxygen atoms in total. The number of hydrogen-bond acceptors (Lipinski definition) is 3. The average Bonchev–Trinajstić information content (AvgIpc) is 2.57. The molecule has 0 aliphatic rings. The van der Waals surface area contributed by atoms with Crippen molar-refractivity contribution in [2.75, 3.05) is 0 Å². The zero-order valence-corrected chi connectivity index (χ0v) is 14.2. The molecule has 0 saturated heterocycles. The molecule has 0 fully saturated rings. The molecule has 0 amide bonds. The number of aryl methyl sites for hydroxylation is 2. The predicted octanol–water partition coefficient (Wildman–Crippen LogP) is 3.27. The van der Waals surface area contributed by atoms with Crippen LogP contribution in [0.15, 0.2) is 52.2 Å². The number of aromatic nitrogens is 2. The van der Waals surface area contributed by atoms with E-state index in [1.54, 1.807) is 18.2 Å². The van der Waals surface area contributed by atoms with Crippen molar-refractivity contribution >= 4 is 0 Å². The number of nitrogens with zero attached hydrogens (tertiary/aromatic N) is 1. The van der Waals surface area contributed by atoms with E-state index >= 15 is 0 Å². The summed E-state index contributed by atoms with van der Waals surface area (Å²) in [6, 6.07) is 8.48. The Kier molecular flexibility index (Phi) is 4.71. The molecular formula is C19H16F2N2O3. The highest BCUT2D eigenvalue weighted by atomic mass is 19.1. The maximum atomic E-state index is 14.3. The van der Waals surface area contributed by atoms with Crippen molar-refractivity contribution in [1.82, 2.24) is 9.55 Å². The lowest BCUT2D eigenvalue weighted by Gasteiger charge is -2.12. The van der Waals surface area contributed by atoms with Crippen molar-refractivity contribution in [2.24, 2.45) is 0 Å². The average molecular weight is 358 g/mol. The van der Waals surface area contributed by atoms with Crippen LogP contribution in [0.3, 0.4) is 0 Å². The Hall–Kier alpha value is -3.22. The first-order valence-corrected chi connectivity index (χ1v) is 7.86. The van der Waals surface area contributed by atoms with E-state index in [-0.39, 0.29) is 12.1 Å². The van der Waals surface area contributed by atoms with E-state index in [2.05, 4.69) is 4.98 Å². The molecule has 1 aromatic heterocycles. The number of nitrogens with one attached hydrogen (secondary N) is 1. The lowest BCUT2D eigenvalue weighted by molar-refractivity contribution is 0.406. The summed E-state index contributed by atoms with van der Waals surface area (Å²) in [5.41, 5.74) is 1.01. The van der Waals surface area contributed by atoms with Gasteiger partial charge >= 0.3 is 5.69 Å². The minimum absolute atomic E-state index is 0.0899.